The number of nitrogens with one attached hydrogen (secondary N) is 1. The maximum atomic E-state index is 12.0. The minimum Gasteiger partial charge on any atom is -0.406 e. The van der Waals surface area contributed by atoms with Gasteiger partial charge in [-0.25, -0.2) is 0 Å². The van der Waals surface area contributed by atoms with Crippen LogP contribution in [0.1, 0.15) is 12.0 Å². The second-order valence-corrected chi connectivity index (χ2v) is 5.58. The molecule has 1 aromatic rings. The van der Waals surface area contributed by atoms with Crippen molar-refractivity contribution in [1.82, 2.24) is 5.32 Å². The first kappa shape index (κ1) is 18.6. The van der Waals surface area contributed by atoms with Gasteiger partial charge in [0.05, 0.1) is 19.1 Å². The third-order valence-electron chi connectivity index (χ3n) is 2.78. The number of ether oxygens (including phenoxy) is 1. The molecule has 0 aliphatic heterocycles. The first-order valence-corrected chi connectivity index (χ1v) is 7.97. The molecule has 1 rings (SSSR count). The van der Waals surface area contributed by atoms with Crippen molar-refractivity contribution in [2.45, 2.75) is 25.2 Å². The molecule has 124 valence electrons. The lowest BCUT2D eigenvalue weighted by atomic mass is 10.1. The van der Waals surface area contributed by atoms with E-state index in [1.165, 1.54) is 12.1 Å². The summed E-state index contributed by atoms with van der Waals surface area (Å²) >= 11 is 1.61. The highest BCUT2D eigenvalue weighted by atomic mass is 32.2. The number of aliphatic hydroxyl groups excluding tert-OH is 1. The summed E-state index contributed by atoms with van der Waals surface area (Å²) in [5.41, 5.74) is 0.564. The second kappa shape index (κ2) is 8.89. The fourth-order valence-electron chi connectivity index (χ4n) is 1.74. The topological polar surface area (TPSA) is 58.6 Å². The average molecular weight is 337 g/mol. The van der Waals surface area contributed by atoms with E-state index in [1.807, 2.05) is 6.26 Å². The van der Waals surface area contributed by atoms with E-state index in [2.05, 4.69) is 10.1 Å². The largest absolute Gasteiger partial charge is 0.573 e. The Bertz CT molecular complexity index is 465. The number of hydrogen-bond donors (Lipinski definition) is 2. The molecule has 0 radical (unpaired) electrons. The van der Waals surface area contributed by atoms with Gasteiger partial charge in [0.2, 0.25) is 5.91 Å². The van der Waals surface area contributed by atoms with Gasteiger partial charge >= 0.3 is 6.36 Å². The average Bonchev–Trinajstić information content (AvgIpc) is 2.44. The molecule has 0 heterocycles. The zero-order chi connectivity index (χ0) is 16.6. The van der Waals surface area contributed by atoms with Crippen LogP contribution in [-0.4, -0.2) is 42.0 Å². The predicted octanol–water partition coefficient (Wildman–Crippen LogP) is 2.36. The van der Waals surface area contributed by atoms with E-state index in [9.17, 15) is 18.0 Å². The summed E-state index contributed by atoms with van der Waals surface area (Å²) in [6, 6.07) is 4.81. The van der Waals surface area contributed by atoms with E-state index in [-0.39, 0.29) is 30.7 Å². The zero-order valence-electron chi connectivity index (χ0n) is 12.0. The smallest absolute Gasteiger partial charge is 0.406 e. The van der Waals surface area contributed by atoms with Gasteiger partial charge < -0.3 is 15.2 Å². The highest BCUT2D eigenvalue weighted by Gasteiger charge is 2.30. The van der Waals surface area contributed by atoms with Crippen LogP contribution in [0.4, 0.5) is 13.2 Å². The molecule has 0 unspecified atom stereocenters. The standard InChI is InChI=1S/C14H18F3NO3S/c1-22-7-6-11(9-19)18-13(20)8-10-2-4-12(5-3-10)21-14(15,16)17/h2-5,11,19H,6-9H2,1H3,(H,18,20)/t11-/m0/s1. The van der Waals surface area contributed by atoms with Gasteiger partial charge in [0.1, 0.15) is 5.75 Å². The minimum atomic E-state index is -4.73. The Labute approximate surface area is 131 Å². The van der Waals surface area contributed by atoms with Crippen LogP contribution in [0.5, 0.6) is 5.75 Å². The lowest BCUT2D eigenvalue weighted by molar-refractivity contribution is -0.274. The maximum Gasteiger partial charge on any atom is 0.573 e. The maximum absolute atomic E-state index is 12.0. The Morgan fingerprint density at radius 2 is 2.00 bits per heavy atom. The van der Waals surface area contributed by atoms with E-state index in [4.69, 9.17) is 5.11 Å². The molecule has 0 fully saturated rings. The van der Waals surface area contributed by atoms with Crippen molar-refractivity contribution in [3.8, 4) is 5.75 Å². The van der Waals surface area contributed by atoms with E-state index >= 15 is 0 Å². The van der Waals surface area contributed by atoms with Gasteiger partial charge in [-0.2, -0.15) is 11.8 Å². The predicted molar refractivity (Wildman–Crippen MR) is 78.8 cm³/mol. The molecule has 1 aromatic carbocycles. The molecule has 0 aliphatic rings. The van der Waals surface area contributed by atoms with Crippen LogP contribution in [0, 0.1) is 0 Å². The number of rotatable bonds is 8. The summed E-state index contributed by atoms with van der Waals surface area (Å²) in [5, 5.41) is 11.9. The first-order valence-electron chi connectivity index (χ1n) is 6.58. The van der Waals surface area contributed by atoms with Crippen LogP contribution < -0.4 is 10.1 Å². The Kier molecular flexibility index (Phi) is 7.53. The Hall–Kier alpha value is -1.41. The fourth-order valence-corrected chi connectivity index (χ4v) is 2.26. The molecule has 0 aliphatic carbocycles. The Balaban J connectivity index is 2.50. The molecule has 0 aromatic heterocycles. The molecular formula is C14H18F3NO3S. The Morgan fingerprint density at radius 3 is 2.50 bits per heavy atom. The normalized spacial score (nSPS) is 12.8. The summed E-state index contributed by atoms with van der Waals surface area (Å²) in [4.78, 5) is 11.8. The van der Waals surface area contributed by atoms with Gasteiger partial charge in [0, 0.05) is 0 Å². The zero-order valence-corrected chi connectivity index (χ0v) is 12.8. The van der Waals surface area contributed by atoms with E-state index < -0.39 is 6.36 Å². The molecule has 1 amide bonds. The van der Waals surface area contributed by atoms with E-state index in [0.717, 1.165) is 17.9 Å². The first-order chi connectivity index (χ1) is 10.3. The summed E-state index contributed by atoms with van der Waals surface area (Å²) in [6.45, 7) is -0.148. The van der Waals surface area contributed by atoms with Crippen LogP contribution in [-0.2, 0) is 11.2 Å². The summed E-state index contributed by atoms with van der Waals surface area (Å²) in [5.74, 6) is 0.198. The molecule has 4 nitrogen and oxygen atoms in total. The van der Waals surface area contributed by atoms with Gasteiger partial charge in [0.15, 0.2) is 0 Å². The fraction of sp³-hybridized carbons (Fsp3) is 0.500. The molecule has 2 N–H and O–H groups in total. The van der Waals surface area contributed by atoms with Gasteiger partial charge in [-0.05, 0) is 36.1 Å². The van der Waals surface area contributed by atoms with E-state index in [1.54, 1.807) is 11.8 Å². The van der Waals surface area contributed by atoms with Crippen molar-refractivity contribution in [2.75, 3.05) is 18.6 Å². The number of hydrogen-bond acceptors (Lipinski definition) is 4. The molecule has 1 atom stereocenters. The van der Waals surface area contributed by atoms with Gasteiger partial charge in [-0.3, -0.25) is 4.79 Å². The van der Waals surface area contributed by atoms with Crippen molar-refractivity contribution >= 4 is 17.7 Å². The number of benzene rings is 1. The van der Waals surface area contributed by atoms with Crippen molar-refractivity contribution in [1.29, 1.82) is 0 Å². The van der Waals surface area contributed by atoms with E-state index in [0.29, 0.717) is 12.0 Å². The highest BCUT2D eigenvalue weighted by Crippen LogP contribution is 2.22. The quantitative estimate of drug-likeness (QED) is 0.765. The van der Waals surface area contributed by atoms with Gasteiger partial charge in [-0.1, -0.05) is 12.1 Å². The van der Waals surface area contributed by atoms with Crippen LogP contribution >= 0.6 is 11.8 Å². The number of aliphatic hydroxyl groups is 1. The number of thioether (sulfide) groups is 1. The number of amides is 1. The van der Waals surface area contributed by atoms with Gasteiger partial charge in [-0.15, -0.1) is 13.2 Å². The lowest BCUT2D eigenvalue weighted by Crippen LogP contribution is -2.38. The monoisotopic (exact) mass is 337 g/mol. The summed E-state index contributed by atoms with van der Waals surface area (Å²) in [6.07, 6.45) is -2.12. The number of carbonyl (C=O) groups is 1. The minimum absolute atomic E-state index is 0.0298. The Morgan fingerprint density at radius 1 is 1.36 bits per heavy atom. The number of carbonyl (C=O) groups excluding carboxylic acids is 1. The highest BCUT2D eigenvalue weighted by molar-refractivity contribution is 7.98. The molecule has 0 spiro atoms. The number of halogens is 3. The van der Waals surface area contributed by atoms with Crippen LogP contribution in [0.25, 0.3) is 0 Å². The van der Waals surface area contributed by atoms with Crippen molar-refractivity contribution in [2.24, 2.45) is 0 Å². The van der Waals surface area contributed by atoms with Crippen molar-refractivity contribution < 1.29 is 27.8 Å². The second-order valence-electron chi connectivity index (χ2n) is 4.60. The molecule has 0 bridgehead atoms. The molecule has 0 saturated heterocycles. The SMILES string of the molecule is CSCC[C@@H](CO)NC(=O)Cc1ccc(OC(F)(F)F)cc1. The third-order valence-corrected chi connectivity index (χ3v) is 3.42. The van der Waals surface area contributed by atoms with Crippen LogP contribution in [0.2, 0.25) is 0 Å². The molecule has 0 saturated carbocycles. The van der Waals surface area contributed by atoms with Gasteiger partial charge in [0.25, 0.3) is 0 Å². The van der Waals surface area contributed by atoms with Crippen molar-refractivity contribution in [3.63, 3.8) is 0 Å². The molecular weight excluding hydrogens is 319 g/mol. The third kappa shape index (κ3) is 7.56. The summed E-state index contributed by atoms with van der Waals surface area (Å²) in [7, 11) is 0. The molecule has 8 heteroatoms. The van der Waals surface area contributed by atoms with Crippen LogP contribution in [0.3, 0.4) is 0 Å². The summed E-state index contributed by atoms with van der Waals surface area (Å²) < 4.78 is 39.8. The van der Waals surface area contributed by atoms with Crippen molar-refractivity contribution in [3.05, 3.63) is 29.8 Å². The number of alkyl halides is 3. The van der Waals surface area contributed by atoms with Crippen LogP contribution in [0.15, 0.2) is 24.3 Å². The molecule has 22 heavy (non-hydrogen) atoms. The lowest BCUT2D eigenvalue weighted by Gasteiger charge is -2.15.